The van der Waals surface area contributed by atoms with Crippen LogP contribution in [0.1, 0.15) is 42.4 Å². The Labute approximate surface area is 149 Å². The van der Waals surface area contributed by atoms with E-state index in [1.54, 1.807) is 12.3 Å². The maximum absolute atomic E-state index is 12.5. The van der Waals surface area contributed by atoms with Crippen molar-refractivity contribution >= 4 is 33.3 Å². The van der Waals surface area contributed by atoms with E-state index in [0.29, 0.717) is 17.0 Å². The maximum atomic E-state index is 12.5. The van der Waals surface area contributed by atoms with Crippen LogP contribution >= 0.6 is 15.9 Å². The zero-order valence-electron chi connectivity index (χ0n) is 14.1. The number of nitrogens with one attached hydrogen (secondary N) is 1. The number of carbonyl (C=O) groups excluding carboxylic acids is 1. The highest BCUT2D eigenvalue weighted by molar-refractivity contribution is 9.10. The fraction of sp³-hybridized carbons (Fsp3) is 0.278. The van der Waals surface area contributed by atoms with Crippen LogP contribution in [0.5, 0.6) is 0 Å². The molecule has 0 saturated heterocycles. The van der Waals surface area contributed by atoms with Gasteiger partial charge in [0.1, 0.15) is 0 Å². The van der Waals surface area contributed by atoms with Crippen molar-refractivity contribution in [1.29, 1.82) is 0 Å². The molecule has 0 atom stereocenters. The lowest BCUT2D eigenvalue weighted by molar-refractivity contribution is 0.102. The topological polar surface area (TPSA) is 59.3 Å². The molecular weight excluding hydrogens is 368 g/mol. The molecule has 0 spiro atoms. The van der Waals surface area contributed by atoms with E-state index in [-0.39, 0.29) is 11.3 Å². The largest absolute Gasteiger partial charge is 0.319 e. The minimum atomic E-state index is -0.161. The van der Waals surface area contributed by atoms with Crippen LogP contribution in [0.25, 0.3) is 5.78 Å². The summed E-state index contributed by atoms with van der Waals surface area (Å²) in [5, 5.41) is 2.90. The molecule has 5 nitrogen and oxygen atoms in total. The second-order valence-electron chi connectivity index (χ2n) is 6.79. The first kappa shape index (κ1) is 16.6. The molecule has 0 aliphatic carbocycles. The van der Waals surface area contributed by atoms with E-state index in [1.807, 2.05) is 35.9 Å². The van der Waals surface area contributed by atoms with Crippen LogP contribution in [0.15, 0.2) is 41.3 Å². The van der Waals surface area contributed by atoms with Gasteiger partial charge >= 0.3 is 0 Å². The Balaban J connectivity index is 1.90. The predicted octanol–water partition coefficient (Wildman–Crippen LogP) is 4.35. The van der Waals surface area contributed by atoms with Gasteiger partial charge in [0, 0.05) is 27.8 Å². The maximum Gasteiger partial charge on any atom is 0.256 e. The number of halogens is 1. The molecule has 1 aromatic carbocycles. The summed E-state index contributed by atoms with van der Waals surface area (Å²) >= 11 is 3.45. The molecule has 0 aliphatic rings. The van der Waals surface area contributed by atoms with Gasteiger partial charge in [-0.05, 0) is 24.6 Å². The van der Waals surface area contributed by atoms with E-state index in [4.69, 9.17) is 0 Å². The first-order chi connectivity index (χ1) is 11.3. The lowest BCUT2D eigenvalue weighted by atomic mass is 9.93. The molecule has 1 amide bonds. The Bertz CT molecular complexity index is 924. The van der Waals surface area contributed by atoms with Crippen LogP contribution in [-0.4, -0.2) is 20.3 Å². The van der Waals surface area contributed by atoms with Gasteiger partial charge in [0.2, 0.25) is 5.78 Å². The van der Waals surface area contributed by atoms with Crippen molar-refractivity contribution < 1.29 is 4.79 Å². The van der Waals surface area contributed by atoms with Gasteiger partial charge in [-0.2, -0.15) is 0 Å². The van der Waals surface area contributed by atoms with E-state index in [9.17, 15) is 4.79 Å². The van der Waals surface area contributed by atoms with Gasteiger partial charge in [-0.1, -0.05) is 42.8 Å². The number of hydrogen-bond acceptors (Lipinski definition) is 3. The number of amides is 1. The van der Waals surface area contributed by atoms with Gasteiger partial charge in [-0.3, -0.25) is 9.20 Å². The molecule has 0 aliphatic heterocycles. The first-order valence-corrected chi connectivity index (χ1v) is 8.47. The van der Waals surface area contributed by atoms with Crippen LogP contribution in [0.2, 0.25) is 0 Å². The molecule has 6 heteroatoms. The molecule has 1 N–H and O–H groups in total. The van der Waals surface area contributed by atoms with Gasteiger partial charge in [-0.25, -0.2) is 9.97 Å². The Kier molecular flexibility index (Phi) is 4.17. The monoisotopic (exact) mass is 386 g/mol. The number of hydrogen-bond donors (Lipinski definition) is 1. The smallest absolute Gasteiger partial charge is 0.256 e. The highest BCUT2D eigenvalue weighted by Gasteiger charge is 2.18. The van der Waals surface area contributed by atoms with Gasteiger partial charge in [-0.15, -0.1) is 0 Å². The SMILES string of the molecule is Cc1c(Br)cccc1C(=O)Nc1cnc2nc(C(C)(C)C)cn2c1. The minimum Gasteiger partial charge on any atom is -0.319 e. The van der Waals surface area contributed by atoms with Gasteiger partial charge in [0.05, 0.1) is 17.6 Å². The third kappa shape index (κ3) is 3.19. The molecule has 2 heterocycles. The normalized spacial score (nSPS) is 11.7. The molecule has 0 bridgehead atoms. The summed E-state index contributed by atoms with van der Waals surface area (Å²) in [5.41, 5.74) is 3.07. The van der Waals surface area contributed by atoms with Crippen molar-refractivity contribution in [3.8, 4) is 0 Å². The highest BCUT2D eigenvalue weighted by Crippen LogP contribution is 2.23. The summed E-state index contributed by atoms with van der Waals surface area (Å²) in [4.78, 5) is 21.4. The Hall–Kier alpha value is -2.21. The number of rotatable bonds is 2. The summed E-state index contributed by atoms with van der Waals surface area (Å²) in [6.45, 7) is 8.22. The van der Waals surface area contributed by atoms with Crippen molar-refractivity contribution in [3.63, 3.8) is 0 Å². The molecule has 0 saturated carbocycles. The lowest BCUT2D eigenvalue weighted by Crippen LogP contribution is -2.14. The van der Waals surface area contributed by atoms with E-state index in [0.717, 1.165) is 15.7 Å². The lowest BCUT2D eigenvalue weighted by Gasteiger charge is -2.13. The third-order valence-corrected chi connectivity index (χ3v) is 4.71. The summed E-state index contributed by atoms with van der Waals surface area (Å²) < 4.78 is 2.75. The van der Waals surface area contributed by atoms with Crippen molar-refractivity contribution in [2.75, 3.05) is 5.32 Å². The number of nitrogens with zero attached hydrogens (tertiary/aromatic N) is 3. The van der Waals surface area contributed by atoms with Crippen LogP contribution < -0.4 is 5.32 Å². The Morgan fingerprint density at radius 2 is 2.00 bits per heavy atom. The Morgan fingerprint density at radius 3 is 2.71 bits per heavy atom. The summed E-state index contributed by atoms with van der Waals surface area (Å²) in [6, 6.07) is 5.56. The molecule has 0 fully saturated rings. The number of aromatic nitrogens is 3. The Morgan fingerprint density at radius 1 is 1.25 bits per heavy atom. The van der Waals surface area contributed by atoms with Crippen LogP contribution in [0, 0.1) is 6.92 Å². The zero-order valence-corrected chi connectivity index (χ0v) is 15.7. The predicted molar refractivity (Wildman–Crippen MR) is 98.5 cm³/mol. The fourth-order valence-corrected chi connectivity index (χ4v) is 2.73. The highest BCUT2D eigenvalue weighted by atomic mass is 79.9. The average Bonchev–Trinajstić information content (AvgIpc) is 2.93. The van der Waals surface area contributed by atoms with Crippen LogP contribution in [0.4, 0.5) is 5.69 Å². The molecule has 2 aromatic heterocycles. The molecule has 124 valence electrons. The quantitative estimate of drug-likeness (QED) is 0.711. The molecule has 0 unspecified atom stereocenters. The van der Waals surface area contributed by atoms with E-state index in [2.05, 4.69) is 52.0 Å². The number of anilines is 1. The summed E-state index contributed by atoms with van der Waals surface area (Å²) in [5.74, 6) is 0.461. The van der Waals surface area contributed by atoms with E-state index in [1.165, 1.54) is 0 Å². The second kappa shape index (κ2) is 6.02. The zero-order chi connectivity index (χ0) is 17.5. The number of carbonyl (C=O) groups is 1. The summed E-state index contributed by atoms with van der Waals surface area (Å²) in [7, 11) is 0. The molecule has 3 rings (SSSR count). The molecule has 24 heavy (non-hydrogen) atoms. The molecular formula is C18H19BrN4O. The van der Waals surface area contributed by atoms with Crippen molar-refractivity contribution in [2.24, 2.45) is 0 Å². The fourth-order valence-electron chi connectivity index (χ4n) is 2.36. The van der Waals surface area contributed by atoms with Gasteiger partial charge < -0.3 is 5.32 Å². The van der Waals surface area contributed by atoms with Crippen molar-refractivity contribution in [3.05, 3.63) is 58.1 Å². The number of benzene rings is 1. The second-order valence-corrected chi connectivity index (χ2v) is 7.65. The van der Waals surface area contributed by atoms with E-state index >= 15 is 0 Å². The number of imidazole rings is 1. The number of fused-ring (bicyclic) bond motifs is 1. The first-order valence-electron chi connectivity index (χ1n) is 7.67. The van der Waals surface area contributed by atoms with Gasteiger partial charge in [0.15, 0.2) is 0 Å². The van der Waals surface area contributed by atoms with Crippen LogP contribution in [-0.2, 0) is 5.41 Å². The average molecular weight is 387 g/mol. The van der Waals surface area contributed by atoms with Crippen LogP contribution in [0.3, 0.4) is 0 Å². The van der Waals surface area contributed by atoms with Crippen molar-refractivity contribution in [1.82, 2.24) is 14.4 Å². The standard InChI is InChI=1S/C18H19BrN4O/c1-11-13(6-5-7-14(11)19)16(24)21-12-8-20-17-22-15(18(2,3)4)10-23(17)9-12/h5-10H,1-4H3,(H,21,24). The minimum absolute atomic E-state index is 0.0511. The van der Waals surface area contributed by atoms with Crippen molar-refractivity contribution in [2.45, 2.75) is 33.1 Å². The summed E-state index contributed by atoms with van der Waals surface area (Å²) in [6.07, 6.45) is 5.40. The van der Waals surface area contributed by atoms with Gasteiger partial charge in [0.25, 0.3) is 5.91 Å². The molecule has 0 radical (unpaired) electrons. The van der Waals surface area contributed by atoms with E-state index < -0.39 is 0 Å². The molecule has 3 aromatic rings. The third-order valence-electron chi connectivity index (χ3n) is 3.85.